The Morgan fingerprint density at radius 2 is 2.15 bits per heavy atom. The summed E-state index contributed by atoms with van der Waals surface area (Å²) < 4.78 is 5.42. The quantitative estimate of drug-likeness (QED) is 0.650. The lowest BCUT2D eigenvalue weighted by Crippen LogP contribution is -2.53. The summed E-state index contributed by atoms with van der Waals surface area (Å²) in [4.78, 5) is 16.4. The summed E-state index contributed by atoms with van der Waals surface area (Å²) in [5.74, 6) is 0.656. The van der Waals surface area contributed by atoms with Crippen LogP contribution in [0.5, 0.6) is 0 Å². The van der Waals surface area contributed by atoms with E-state index in [1.807, 2.05) is 0 Å². The molecule has 0 unspecified atom stereocenters. The molecule has 7 heteroatoms. The maximum Gasteiger partial charge on any atom is 0.287 e. The number of rotatable bonds is 5. The number of nitro groups is 1. The monoisotopic (exact) mass is 280 g/mol. The number of hydrogen-bond acceptors (Lipinski definition) is 6. The standard InChI is InChI=1S/C13H20N4O3/c1-16(2)13(5-7-20-8-6-13)10-15-12-4-3-11(9-14-12)17(18)19/h3-4,9H,5-8,10H2,1-2H3,(H,14,15). The van der Waals surface area contributed by atoms with Crippen LogP contribution in [0, 0.1) is 10.1 Å². The molecule has 0 amide bonds. The van der Waals surface area contributed by atoms with Gasteiger partial charge in [0.25, 0.3) is 5.69 Å². The molecule has 0 atom stereocenters. The van der Waals surface area contributed by atoms with E-state index in [4.69, 9.17) is 4.74 Å². The van der Waals surface area contributed by atoms with Gasteiger partial charge in [-0.3, -0.25) is 10.1 Å². The van der Waals surface area contributed by atoms with Gasteiger partial charge >= 0.3 is 0 Å². The molecule has 1 saturated heterocycles. The van der Waals surface area contributed by atoms with E-state index in [9.17, 15) is 10.1 Å². The molecule has 0 saturated carbocycles. The number of nitrogens with zero attached hydrogens (tertiary/aromatic N) is 3. The molecule has 7 nitrogen and oxygen atoms in total. The van der Waals surface area contributed by atoms with E-state index in [0.717, 1.165) is 32.6 Å². The smallest absolute Gasteiger partial charge is 0.287 e. The van der Waals surface area contributed by atoms with Crippen molar-refractivity contribution in [2.45, 2.75) is 18.4 Å². The van der Waals surface area contributed by atoms with Crippen LogP contribution in [0.3, 0.4) is 0 Å². The lowest BCUT2D eigenvalue weighted by atomic mass is 9.88. The fraction of sp³-hybridized carbons (Fsp3) is 0.615. The van der Waals surface area contributed by atoms with Gasteiger partial charge in [0.2, 0.25) is 0 Å². The molecule has 0 bridgehead atoms. The van der Waals surface area contributed by atoms with Gasteiger partial charge < -0.3 is 15.0 Å². The highest BCUT2D eigenvalue weighted by molar-refractivity contribution is 5.40. The first kappa shape index (κ1) is 14.7. The molecule has 2 heterocycles. The summed E-state index contributed by atoms with van der Waals surface area (Å²) in [6.07, 6.45) is 3.19. The highest BCUT2D eigenvalue weighted by Gasteiger charge is 2.34. The van der Waals surface area contributed by atoms with Crippen LogP contribution in [0.2, 0.25) is 0 Å². The molecule has 1 aliphatic rings. The Balaban J connectivity index is 2.00. The molecule has 0 spiro atoms. The molecule has 1 N–H and O–H groups in total. The van der Waals surface area contributed by atoms with Gasteiger partial charge in [-0.05, 0) is 33.0 Å². The van der Waals surface area contributed by atoms with E-state index in [0.29, 0.717) is 5.82 Å². The number of aromatic nitrogens is 1. The third kappa shape index (κ3) is 3.23. The molecule has 110 valence electrons. The molecule has 2 rings (SSSR count). The van der Waals surface area contributed by atoms with Gasteiger partial charge in [0, 0.05) is 31.4 Å². The van der Waals surface area contributed by atoms with E-state index in [1.165, 1.54) is 12.3 Å². The van der Waals surface area contributed by atoms with Crippen LogP contribution in [0.25, 0.3) is 0 Å². The van der Waals surface area contributed by atoms with Crippen molar-refractivity contribution in [3.63, 3.8) is 0 Å². The molecule has 1 fully saturated rings. The molecule has 20 heavy (non-hydrogen) atoms. The highest BCUT2D eigenvalue weighted by atomic mass is 16.6. The number of likely N-dealkylation sites (N-methyl/N-ethyl adjacent to an activating group) is 1. The Hall–Kier alpha value is -1.73. The Labute approximate surface area is 118 Å². The number of pyridine rings is 1. The van der Waals surface area contributed by atoms with Gasteiger partial charge in [-0.2, -0.15) is 0 Å². The zero-order chi connectivity index (χ0) is 14.6. The lowest BCUT2D eigenvalue weighted by molar-refractivity contribution is -0.385. The third-order valence-corrected chi connectivity index (χ3v) is 3.93. The van der Waals surface area contributed by atoms with Crippen molar-refractivity contribution < 1.29 is 9.66 Å². The first-order valence-corrected chi connectivity index (χ1v) is 6.63. The van der Waals surface area contributed by atoms with Crippen LogP contribution in [0.15, 0.2) is 18.3 Å². The normalized spacial score (nSPS) is 17.9. The van der Waals surface area contributed by atoms with Crippen molar-refractivity contribution in [3.05, 3.63) is 28.4 Å². The van der Waals surface area contributed by atoms with Gasteiger partial charge in [-0.25, -0.2) is 4.98 Å². The second-order valence-corrected chi connectivity index (χ2v) is 5.24. The Bertz CT molecular complexity index is 455. The molecule has 0 aliphatic carbocycles. The summed E-state index contributed by atoms with van der Waals surface area (Å²) in [6, 6.07) is 3.10. The van der Waals surface area contributed by atoms with Crippen LogP contribution in [0.4, 0.5) is 11.5 Å². The zero-order valence-electron chi connectivity index (χ0n) is 11.8. The Kier molecular flexibility index (Phi) is 4.51. The van der Waals surface area contributed by atoms with Crippen molar-refractivity contribution in [1.29, 1.82) is 0 Å². The van der Waals surface area contributed by atoms with E-state index >= 15 is 0 Å². The maximum atomic E-state index is 10.6. The molecule has 0 aromatic carbocycles. The van der Waals surface area contributed by atoms with E-state index in [2.05, 4.69) is 29.3 Å². The lowest BCUT2D eigenvalue weighted by Gasteiger charge is -2.43. The minimum atomic E-state index is -0.448. The van der Waals surface area contributed by atoms with E-state index in [-0.39, 0.29) is 11.2 Å². The summed E-state index contributed by atoms with van der Waals surface area (Å²) in [5.41, 5.74) is 0.0470. The van der Waals surface area contributed by atoms with Crippen molar-refractivity contribution in [2.75, 3.05) is 39.2 Å². The van der Waals surface area contributed by atoms with E-state index < -0.39 is 4.92 Å². The van der Waals surface area contributed by atoms with Crippen LogP contribution < -0.4 is 5.32 Å². The summed E-state index contributed by atoms with van der Waals surface area (Å²) in [7, 11) is 4.13. The Morgan fingerprint density at radius 3 is 2.65 bits per heavy atom. The van der Waals surface area contributed by atoms with Crippen LogP contribution in [-0.4, -0.2) is 54.2 Å². The van der Waals surface area contributed by atoms with Crippen LogP contribution in [-0.2, 0) is 4.74 Å². The van der Waals surface area contributed by atoms with Crippen molar-refractivity contribution in [1.82, 2.24) is 9.88 Å². The molecule has 1 aromatic rings. The maximum absolute atomic E-state index is 10.6. The van der Waals surface area contributed by atoms with Crippen molar-refractivity contribution >= 4 is 11.5 Å². The topological polar surface area (TPSA) is 80.5 Å². The molecule has 1 aliphatic heterocycles. The second kappa shape index (κ2) is 6.15. The highest BCUT2D eigenvalue weighted by Crippen LogP contribution is 2.26. The summed E-state index contributed by atoms with van der Waals surface area (Å²) in [6.45, 7) is 2.26. The first-order chi connectivity index (χ1) is 9.53. The minimum absolute atomic E-state index is 0.00365. The molecular weight excluding hydrogens is 260 g/mol. The number of ether oxygens (including phenoxy) is 1. The number of anilines is 1. The van der Waals surface area contributed by atoms with Gasteiger partial charge in [0.05, 0.1) is 4.92 Å². The van der Waals surface area contributed by atoms with Gasteiger partial charge in [0.1, 0.15) is 12.0 Å². The number of nitrogens with one attached hydrogen (secondary N) is 1. The minimum Gasteiger partial charge on any atom is -0.381 e. The predicted molar refractivity (Wildman–Crippen MR) is 75.9 cm³/mol. The fourth-order valence-corrected chi connectivity index (χ4v) is 2.39. The van der Waals surface area contributed by atoms with Gasteiger partial charge in [-0.15, -0.1) is 0 Å². The fourth-order valence-electron chi connectivity index (χ4n) is 2.39. The molecule has 1 aromatic heterocycles. The average Bonchev–Trinajstić information content (AvgIpc) is 2.46. The average molecular weight is 280 g/mol. The van der Waals surface area contributed by atoms with Crippen LogP contribution in [0.1, 0.15) is 12.8 Å². The second-order valence-electron chi connectivity index (χ2n) is 5.24. The van der Waals surface area contributed by atoms with Crippen molar-refractivity contribution in [2.24, 2.45) is 0 Å². The molecule has 0 radical (unpaired) electrons. The van der Waals surface area contributed by atoms with E-state index in [1.54, 1.807) is 6.07 Å². The Morgan fingerprint density at radius 1 is 1.45 bits per heavy atom. The number of hydrogen-bond donors (Lipinski definition) is 1. The third-order valence-electron chi connectivity index (χ3n) is 3.93. The zero-order valence-corrected chi connectivity index (χ0v) is 11.8. The summed E-state index contributed by atoms with van der Waals surface area (Å²) in [5, 5.41) is 13.9. The van der Waals surface area contributed by atoms with Gasteiger partial charge in [0.15, 0.2) is 0 Å². The SMILES string of the molecule is CN(C)C1(CNc2ccc([N+](=O)[O-])cn2)CCOCC1. The van der Waals surface area contributed by atoms with Gasteiger partial charge in [-0.1, -0.05) is 0 Å². The molecular formula is C13H20N4O3. The predicted octanol–water partition coefficient (Wildman–Crippen LogP) is 1.51. The first-order valence-electron chi connectivity index (χ1n) is 6.63. The van der Waals surface area contributed by atoms with Crippen LogP contribution >= 0.6 is 0 Å². The van der Waals surface area contributed by atoms with Crippen molar-refractivity contribution in [3.8, 4) is 0 Å². The summed E-state index contributed by atoms with van der Waals surface area (Å²) >= 11 is 0. The largest absolute Gasteiger partial charge is 0.381 e.